The molecule has 0 amide bonds. The highest BCUT2D eigenvalue weighted by Gasteiger charge is 2.09. The summed E-state index contributed by atoms with van der Waals surface area (Å²) in [5.74, 6) is 1.32. The van der Waals surface area contributed by atoms with Crippen molar-refractivity contribution in [2.75, 3.05) is 5.73 Å². The zero-order chi connectivity index (χ0) is 10.8. The Hall–Kier alpha value is -1.84. The number of nitrogens with zero attached hydrogens (tertiary/aromatic N) is 2. The molecule has 0 unspecified atom stereocenters. The predicted octanol–water partition coefficient (Wildman–Crippen LogP) is 2.44. The van der Waals surface area contributed by atoms with E-state index < -0.39 is 0 Å². The van der Waals surface area contributed by atoms with Gasteiger partial charge in [-0.3, -0.25) is 0 Å². The van der Waals surface area contributed by atoms with Crippen LogP contribution in [0, 0.1) is 0 Å². The molecular formula is C11H13N3O. The van der Waals surface area contributed by atoms with Gasteiger partial charge in [-0.2, -0.15) is 0 Å². The minimum absolute atomic E-state index is 0.285. The lowest BCUT2D eigenvalue weighted by Gasteiger charge is -2.06. The molecule has 0 aliphatic carbocycles. The topological polar surface area (TPSA) is 64.9 Å². The van der Waals surface area contributed by atoms with Crippen LogP contribution in [0.5, 0.6) is 0 Å². The average molecular weight is 203 g/mol. The van der Waals surface area contributed by atoms with E-state index in [0.29, 0.717) is 11.7 Å². The van der Waals surface area contributed by atoms with Crippen molar-refractivity contribution in [3.8, 4) is 11.5 Å². The SMILES string of the molecule is CC(C)c1cc(-c2ccco2)nc(N)n1. The lowest BCUT2D eigenvalue weighted by Crippen LogP contribution is -2.01. The maximum Gasteiger partial charge on any atom is 0.220 e. The van der Waals surface area contributed by atoms with E-state index in [0.717, 1.165) is 11.4 Å². The van der Waals surface area contributed by atoms with Crippen LogP contribution in [0.1, 0.15) is 25.5 Å². The molecule has 0 radical (unpaired) electrons. The lowest BCUT2D eigenvalue weighted by molar-refractivity contribution is 0.579. The first-order valence-electron chi connectivity index (χ1n) is 4.85. The van der Waals surface area contributed by atoms with Crippen molar-refractivity contribution in [3.63, 3.8) is 0 Å². The molecule has 0 aliphatic rings. The molecule has 15 heavy (non-hydrogen) atoms. The molecule has 0 spiro atoms. The van der Waals surface area contributed by atoms with Crippen LogP contribution in [0.25, 0.3) is 11.5 Å². The van der Waals surface area contributed by atoms with Gasteiger partial charge in [0.15, 0.2) is 5.76 Å². The Balaban J connectivity index is 2.49. The fourth-order valence-corrected chi connectivity index (χ4v) is 1.33. The number of hydrogen-bond donors (Lipinski definition) is 1. The van der Waals surface area contributed by atoms with E-state index in [2.05, 4.69) is 23.8 Å². The standard InChI is InChI=1S/C11H13N3O/c1-7(2)8-6-9(14-11(12)13-8)10-4-3-5-15-10/h3-7H,1-2H3,(H2,12,13,14). The molecule has 4 nitrogen and oxygen atoms in total. The Morgan fingerprint density at radius 1 is 1.33 bits per heavy atom. The second-order valence-corrected chi connectivity index (χ2v) is 3.67. The summed E-state index contributed by atoms with van der Waals surface area (Å²) in [5.41, 5.74) is 7.30. The minimum atomic E-state index is 0.285. The van der Waals surface area contributed by atoms with Gasteiger partial charge in [0.05, 0.1) is 6.26 Å². The van der Waals surface area contributed by atoms with Gasteiger partial charge in [-0.05, 0) is 24.1 Å². The average Bonchev–Trinajstić information content (AvgIpc) is 2.69. The predicted molar refractivity (Wildman–Crippen MR) is 58.2 cm³/mol. The van der Waals surface area contributed by atoms with E-state index in [1.165, 1.54) is 0 Å². The van der Waals surface area contributed by atoms with Crippen molar-refractivity contribution in [1.29, 1.82) is 0 Å². The maximum absolute atomic E-state index is 5.64. The van der Waals surface area contributed by atoms with Gasteiger partial charge in [0, 0.05) is 5.69 Å². The summed E-state index contributed by atoms with van der Waals surface area (Å²) in [6.07, 6.45) is 1.61. The van der Waals surface area contributed by atoms with Crippen molar-refractivity contribution in [2.45, 2.75) is 19.8 Å². The van der Waals surface area contributed by atoms with Crippen LogP contribution in [0.2, 0.25) is 0 Å². The van der Waals surface area contributed by atoms with E-state index in [-0.39, 0.29) is 5.95 Å². The minimum Gasteiger partial charge on any atom is -0.463 e. The zero-order valence-corrected chi connectivity index (χ0v) is 8.77. The van der Waals surface area contributed by atoms with E-state index in [1.54, 1.807) is 6.26 Å². The first-order chi connectivity index (χ1) is 7.16. The van der Waals surface area contributed by atoms with Crippen molar-refractivity contribution in [2.24, 2.45) is 0 Å². The molecule has 0 aliphatic heterocycles. The third-order valence-corrected chi connectivity index (χ3v) is 2.13. The normalized spacial score (nSPS) is 10.9. The van der Waals surface area contributed by atoms with Gasteiger partial charge in [-0.15, -0.1) is 0 Å². The molecule has 2 aromatic heterocycles. The van der Waals surface area contributed by atoms with Gasteiger partial charge in [0.1, 0.15) is 5.69 Å². The van der Waals surface area contributed by atoms with E-state index in [9.17, 15) is 0 Å². The Morgan fingerprint density at radius 2 is 2.13 bits per heavy atom. The molecule has 2 heterocycles. The fraction of sp³-hybridized carbons (Fsp3) is 0.273. The van der Waals surface area contributed by atoms with Crippen molar-refractivity contribution < 1.29 is 4.42 Å². The van der Waals surface area contributed by atoms with E-state index in [4.69, 9.17) is 10.2 Å². The Labute approximate surface area is 88.2 Å². The number of hydrogen-bond acceptors (Lipinski definition) is 4. The molecule has 0 saturated heterocycles. The summed E-state index contributed by atoms with van der Waals surface area (Å²) in [6.45, 7) is 4.13. The quantitative estimate of drug-likeness (QED) is 0.814. The van der Waals surface area contributed by atoms with Crippen LogP contribution in [0.15, 0.2) is 28.9 Å². The third-order valence-electron chi connectivity index (χ3n) is 2.13. The number of nitrogens with two attached hydrogens (primary N) is 1. The molecule has 0 atom stereocenters. The summed E-state index contributed by atoms with van der Waals surface area (Å²) < 4.78 is 5.26. The van der Waals surface area contributed by atoms with E-state index in [1.807, 2.05) is 18.2 Å². The number of anilines is 1. The van der Waals surface area contributed by atoms with Crippen LogP contribution >= 0.6 is 0 Å². The van der Waals surface area contributed by atoms with Crippen LogP contribution < -0.4 is 5.73 Å². The number of furan rings is 1. The number of aromatic nitrogens is 2. The van der Waals surface area contributed by atoms with Crippen LogP contribution in [0.4, 0.5) is 5.95 Å². The first-order valence-corrected chi connectivity index (χ1v) is 4.85. The second-order valence-electron chi connectivity index (χ2n) is 3.67. The largest absolute Gasteiger partial charge is 0.463 e. The van der Waals surface area contributed by atoms with Gasteiger partial charge < -0.3 is 10.2 Å². The van der Waals surface area contributed by atoms with E-state index >= 15 is 0 Å². The molecule has 0 aromatic carbocycles. The third kappa shape index (κ3) is 1.98. The molecule has 2 aromatic rings. The summed E-state index contributed by atoms with van der Waals surface area (Å²) >= 11 is 0. The number of rotatable bonds is 2. The second kappa shape index (κ2) is 3.73. The van der Waals surface area contributed by atoms with Gasteiger partial charge >= 0.3 is 0 Å². The van der Waals surface area contributed by atoms with Gasteiger partial charge in [-0.25, -0.2) is 9.97 Å². The summed E-state index contributed by atoms with van der Waals surface area (Å²) in [5, 5.41) is 0. The van der Waals surface area contributed by atoms with Crippen molar-refractivity contribution >= 4 is 5.95 Å². The van der Waals surface area contributed by atoms with Gasteiger partial charge in [0.2, 0.25) is 5.95 Å². The fourth-order valence-electron chi connectivity index (χ4n) is 1.33. The summed E-state index contributed by atoms with van der Waals surface area (Å²) in [4.78, 5) is 8.30. The molecule has 2 N–H and O–H groups in total. The Bertz CT molecular complexity index is 449. The summed E-state index contributed by atoms with van der Waals surface area (Å²) in [6, 6.07) is 5.58. The molecule has 0 bridgehead atoms. The van der Waals surface area contributed by atoms with Crippen LogP contribution in [-0.2, 0) is 0 Å². The van der Waals surface area contributed by atoms with Crippen molar-refractivity contribution in [1.82, 2.24) is 9.97 Å². The Morgan fingerprint density at radius 3 is 2.73 bits per heavy atom. The lowest BCUT2D eigenvalue weighted by atomic mass is 10.1. The van der Waals surface area contributed by atoms with Crippen LogP contribution in [-0.4, -0.2) is 9.97 Å². The number of nitrogen functional groups attached to an aromatic ring is 1. The maximum atomic E-state index is 5.64. The van der Waals surface area contributed by atoms with Gasteiger partial charge in [-0.1, -0.05) is 13.8 Å². The van der Waals surface area contributed by atoms with Crippen molar-refractivity contribution in [3.05, 3.63) is 30.2 Å². The smallest absolute Gasteiger partial charge is 0.220 e. The highest BCUT2D eigenvalue weighted by Crippen LogP contribution is 2.22. The van der Waals surface area contributed by atoms with Gasteiger partial charge in [0.25, 0.3) is 0 Å². The summed E-state index contributed by atoms with van der Waals surface area (Å²) in [7, 11) is 0. The molecule has 78 valence electrons. The highest BCUT2D eigenvalue weighted by molar-refractivity contribution is 5.54. The highest BCUT2D eigenvalue weighted by atomic mass is 16.3. The monoisotopic (exact) mass is 203 g/mol. The molecular weight excluding hydrogens is 190 g/mol. The van der Waals surface area contributed by atoms with Crippen LogP contribution in [0.3, 0.4) is 0 Å². The zero-order valence-electron chi connectivity index (χ0n) is 8.77. The molecule has 2 rings (SSSR count). The molecule has 0 fully saturated rings. The first kappa shape index (κ1) is 9.71. The Kier molecular flexibility index (Phi) is 2.41. The molecule has 4 heteroatoms. The molecule has 0 saturated carbocycles.